The predicted octanol–water partition coefficient (Wildman–Crippen LogP) is 4.20. The van der Waals surface area contributed by atoms with Crippen LogP contribution in [0.3, 0.4) is 0 Å². The quantitative estimate of drug-likeness (QED) is 0.718. The van der Waals surface area contributed by atoms with E-state index < -0.39 is 0 Å². The highest BCUT2D eigenvalue weighted by molar-refractivity contribution is 9.10. The predicted molar refractivity (Wildman–Crippen MR) is 90.9 cm³/mol. The van der Waals surface area contributed by atoms with Crippen LogP contribution in [0.25, 0.3) is 10.2 Å². The van der Waals surface area contributed by atoms with Gasteiger partial charge in [-0.25, -0.2) is 4.98 Å². The second-order valence-corrected chi connectivity index (χ2v) is 6.57. The molecule has 0 atom stereocenters. The summed E-state index contributed by atoms with van der Waals surface area (Å²) < 4.78 is 1.93. The fourth-order valence-corrected chi connectivity index (χ4v) is 3.03. The van der Waals surface area contributed by atoms with Crippen LogP contribution >= 0.6 is 27.3 Å². The van der Waals surface area contributed by atoms with Gasteiger partial charge in [0.25, 0.3) is 5.91 Å². The SMILES string of the molecule is Cc1cc(NC(=O)c2ccc3nc(N)sc3c2)ccc1Br. The summed E-state index contributed by atoms with van der Waals surface area (Å²) in [7, 11) is 0. The lowest BCUT2D eigenvalue weighted by molar-refractivity contribution is 0.102. The Morgan fingerprint density at radius 2 is 2.10 bits per heavy atom. The van der Waals surface area contributed by atoms with E-state index in [9.17, 15) is 4.79 Å². The van der Waals surface area contributed by atoms with Crippen molar-refractivity contribution in [2.45, 2.75) is 6.92 Å². The number of nitrogens with two attached hydrogens (primary N) is 1. The van der Waals surface area contributed by atoms with E-state index in [1.807, 2.05) is 37.3 Å². The Morgan fingerprint density at radius 1 is 1.29 bits per heavy atom. The Morgan fingerprint density at radius 3 is 2.86 bits per heavy atom. The summed E-state index contributed by atoms with van der Waals surface area (Å²) in [5.74, 6) is -0.148. The molecular weight excluding hydrogens is 350 g/mol. The van der Waals surface area contributed by atoms with Gasteiger partial charge < -0.3 is 11.1 Å². The summed E-state index contributed by atoms with van der Waals surface area (Å²) >= 11 is 4.81. The highest BCUT2D eigenvalue weighted by Gasteiger charge is 2.09. The van der Waals surface area contributed by atoms with E-state index in [2.05, 4.69) is 26.2 Å². The fourth-order valence-electron chi connectivity index (χ4n) is 2.01. The van der Waals surface area contributed by atoms with Crippen molar-refractivity contribution in [1.29, 1.82) is 0 Å². The Bertz CT molecular complexity index is 844. The number of aryl methyl sites for hydroxylation is 1. The third-order valence-corrected chi connectivity index (χ3v) is 4.82. The smallest absolute Gasteiger partial charge is 0.255 e. The van der Waals surface area contributed by atoms with Gasteiger partial charge in [-0.2, -0.15) is 0 Å². The van der Waals surface area contributed by atoms with Crippen molar-refractivity contribution in [3.8, 4) is 0 Å². The Balaban J connectivity index is 1.87. The molecule has 2 aromatic carbocycles. The molecule has 1 aromatic heterocycles. The van der Waals surface area contributed by atoms with Crippen molar-refractivity contribution in [2.24, 2.45) is 0 Å². The summed E-state index contributed by atoms with van der Waals surface area (Å²) in [5.41, 5.74) is 8.91. The Kier molecular flexibility index (Phi) is 3.65. The van der Waals surface area contributed by atoms with Crippen LogP contribution in [-0.2, 0) is 0 Å². The molecule has 0 bridgehead atoms. The van der Waals surface area contributed by atoms with Gasteiger partial charge in [0.05, 0.1) is 10.2 Å². The average Bonchev–Trinajstić information content (AvgIpc) is 2.82. The number of nitrogens with zero attached hydrogens (tertiary/aromatic N) is 1. The number of hydrogen-bond acceptors (Lipinski definition) is 4. The first-order valence-electron chi connectivity index (χ1n) is 6.26. The molecule has 0 radical (unpaired) electrons. The number of nitrogen functional groups attached to an aromatic ring is 1. The van der Waals surface area contributed by atoms with Crippen molar-refractivity contribution >= 4 is 54.2 Å². The number of hydrogen-bond donors (Lipinski definition) is 2. The minimum absolute atomic E-state index is 0.148. The summed E-state index contributed by atoms with van der Waals surface area (Å²) in [5, 5.41) is 3.40. The first-order valence-corrected chi connectivity index (χ1v) is 7.87. The lowest BCUT2D eigenvalue weighted by atomic mass is 10.2. The molecule has 0 aliphatic carbocycles. The fraction of sp³-hybridized carbons (Fsp3) is 0.0667. The molecular formula is C15H12BrN3OS. The van der Waals surface area contributed by atoms with E-state index in [0.29, 0.717) is 10.7 Å². The minimum Gasteiger partial charge on any atom is -0.375 e. The van der Waals surface area contributed by atoms with Crippen LogP contribution in [0.1, 0.15) is 15.9 Å². The highest BCUT2D eigenvalue weighted by atomic mass is 79.9. The maximum absolute atomic E-state index is 12.3. The molecule has 3 N–H and O–H groups in total. The van der Waals surface area contributed by atoms with E-state index in [1.165, 1.54) is 11.3 Å². The average molecular weight is 362 g/mol. The summed E-state index contributed by atoms with van der Waals surface area (Å²) in [6.45, 7) is 1.98. The maximum Gasteiger partial charge on any atom is 0.255 e. The van der Waals surface area contributed by atoms with Crippen LogP contribution in [0, 0.1) is 6.92 Å². The molecule has 1 amide bonds. The molecule has 4 nitrogen and oxygen atoms in total. The van der Waals surface area contributed by atoms with Crippen molar-refractivity contribution in [1.82, 2.24) is 4.98 Å². The zero-order valence-electron chi connectivity index (χ0n) is 11.2. The largest absolute Gasteiger partial charge is 0.375 e. The summed E-state index contributed by atoms with van der Waals surface area (Å²) in [6, 6.07) is 11.1. The minimum atomic E-state index is -0.148. The van der Waals surface area contributed by atoms with Gasteiger partial charge in [0.15, 0.2) is 5.13 Å². The monoisotopic (exact) mass is 361 g/mol. The Hall–Kier alpha value is -1.92. The Labute approximate surface area is 134 Å². The van der Waals surface area contributed by atoms with Gasteiger partial charge in [-0.05, 0) is 48.9 Å². The van der Waals surface area contributed by atoms with Gasteiger partial charge in [0, 0.05) is 15.7 Å². The molecule has 0 saturated carbocycles. The number of fused-ring (bicyclic) bond motifs is 1. The molecule has 21 heavy (non-hydrogen) atoms. The van der Waals surface area contributed by atoms with E-state index in [-0.39, 0.29) is 5.91 Å². The van der Waals surface area contributed by atoms with Gasteiger partial charge in [0.2, 0.25) is 0 Å². The van der Waals surface area contributed by atoms with E-state index in [1.54, 1.807) is 6.07 Å². The molecule has 1 heterocycles. The molecule has 0 aliphatic heterocycles. The topological polar surface area (TPSA) is 68.0 Å². The number of thiazole rings is 1. The first kappa shape index (κ1) is 14.0. The highest BCUT2D eigenvalue weighted by Crippen LogP contribution is 2.25. The standard InChI is InChI=1S/C15H12BrN3OS/c1-8-6-10(3-4-11(8)16)18-14(20)9-2-5-12-13(7-9)21-15(17)19-12/h2-7H,1H3,(H2,17,19)(H,18,20). The number of carbonyl (C=O) groups excluding carboxylic acids is 1. The molecule has 3 aromatic rings. The number of aromatic nitrogens is 1. The molecule has 3 rings (SSSR count). The third-order valence-electron chi connectivity index (χ3n) is 3.08. The molecule has 0 saturated heterocycles. The maximum atomic E-state index is 12.3. The first-order chi connectivity index (χ1) is 10.0. The van der Waals surface area contributed by atoms with Crippen LogP contribution in [0.5, 0.6) is 0 Å². The second kappa shape index (κ2) is 5.46. The number of anilines is 2. The van der Waals surface area contributed by atoms with Crippen molar-refractivity contribution < 1.29 is 4.79 Å². The normalized spacial score (nSPS) is 10.8. The zero-order valence-corrected chi connectivity index (χ0v) is 13.6. The third kappa shape index (κ3) is 2.91. The van der Waals surface area contributed by atoms with Gasteiger partial charge in [-0.15, -0.1) is 0 Å². The number of amides is 1. The number of benzene rings is 2. The van der Waals surface area contributed by atoms with E-state index in [0.717, 1.165) is 25.9 Å². The lowest BCUT2D eigenvalue weighted by Gasteiger charge is -2.07. The lowest BCUT2D eigenvalue weighted by Crippen LogP contribution is -2.11. The molecule has 6 heteroatoms. The van der Waals surface area contributed by atoms with Crippen molar-refractivity contribution in [2.75, 3.05) is 11.1 Å². The van der Waals surface area contributed by atoms with E-state index >= 15 is 0 Å². The molecule has 0 spiro atoms. The number of halogens is 1. The van der Waals surface area contributed by atoms with Crippen LogP contribution in [-0.4, -0.2) is 10.9 Å². The van der Waals surface area contributed by atoms with E-state index in [4.69, 9.17) is 5.73 Å². The van der Waals surface area contributed by atoms with Crippen LogP contribution in [0.2, 0.25) is 0 Å². The molecule has 0 unspecified atom stereocenters. The van der Waals surface area contributed by atoms with Gasteiger partial charge >= 0.3 is 0 Å². The molecule has 106 valence electrons. The number of carbonyl (C=O) groups is 1. The second-order valence-electron chi connectivity index (χ2n) is 4.65. The van der Waals surface area contributed by atoms with Gasteiger partial charge in [-0.1, -0.05) is 27.3 Å². The molecule has 0 fully saturated rings. The van der Waals surface area contributed by atoms with Crippen LogP contribution in [0.15, 0.2) is 40.9 Å². The van der Waals surface area contributed by atoms with Crippen molar-refractivity contribution in [3.63, 3.8) is 0 Å². The van der Waals surface area contributed by atoms with Crippen LogP contribution in [0.4, 0.5) is 10.8 Å². The summed E-state index contributed by atoms with van der Waals surface area (Å²) in [6.07, 6.45) is 0. The van der Waals surface area contributed by atoms with Gasteiger partial charge in [0.1, 0.15) is 0 Å². The number of rotatable bonds is 2. The van der Waals surface area contributed by atoms with Crippen molar-refractivity contribution in [3.05, 3.63) is 52.0 Å². The molecule has 0 aliphatic rings. The summed E-state index contributed by atoms with van der Waals surface area (Å²) in [4.78, 5) is 16.5. The van der Waals surface area contributed by atoms with Gasteiger partial charge in [-0.3, -0.25) is 4.79 Å². The number of nitrogens with one attached hydrogen (secondary N) is 1. The zero-order chi connectivity index (χ0) is 15.0. The van der Waals surface area contributed by atoms with Crippen LogP contribution < -0.4 is 11.1 Å².